The van der Waals surface area contributed by atoms with Gasteiger partial charge in [0.1, 0.15) is 0 Å². The van der Waals surface area contributed by atoms with Gasteiger partial charge in [-0.3, -0.25) is 14.9 Å². The van der Waals surface area contributed by atoms with Crippen LogP contribution in [0.1, 0.15) is 10.4 Å². The van der Waals surface area contributed by atoms with Crippen molar-refractivity contribution in [2.75, 3.05) is 5.32 Å². The van der Waals surface area contributed by atoms with E-state index in [4.69, 9.17) is 0 Å². The molecule has 0 atom stereocenters. The van der Waals surface area contributed by atoms with Gasteiger partial charge in [-0.1, -0.05) is 31.9 Å². The van der Waals surface area contributed by atoms with Crippen LogP contribution in [-0.2, 0) is 0 Å². The van der Waals surface area contributed by atoms with Gasteiger partial charge in [0.2, 0.25) is 0 Å². The first-order valence-corrected chi connectivity index (χ1v) is 7.96. The van der Waals surface area contributed by atoms with E-state index in [-0.39, 0.29) is 11.6 Å². The van der Waals surface area contributed by atoms with E-state index in [9.17, 15) is 14.9 Å². The number of nitro groups is 1. The number of nitrogens with one attached hydrogen (secondary N) is 1. The molecule has 0 aliphatic rings. The molecule has 0 heterocycles. The molecule has 0 aromatic heterocycles. The number of nitrogens with zero attached hydrogens (tertiary/aromatic N) is 1. The van der Waals surface area contributed by atoms with Gasteiger partial charge in [-0.15, -0.1) is 0 Å². The Morgan fingerprint density at radius 3 is 2.19 bits per heavy atom. The molecule has 0 radical (unpaired) electrons. The van der Waals surface area contributed by atoms with E-state index in [1.807, 2.05) is 6.07 Å². The molecule has 0 fully saturated rings. The second kappa shape index (κ2) is 6.67. The van der Waals surface area contributed by atoms with E-state index in [0.717, 1.165) is 8.95 Å². The van der Waals surface area contributed by atoms with Crippen LogP contribution in [0, 0.1) is 10.1 Å². The fraction of sp³-hybridized carbons (Fsp3) is 0. The highest BCUT2D eigenvalue weighted by Crippen LogP contribution is 2.28. The van der Waals surface area contributed by atoms with Crippen LogP contribution >= 0.6 is 47.8 Å². The van der Waals surface area contributed by atoms with Crippen LogP contribution in [0.3, 0.4) is 0 Å². The molecule has 0 bridgehead atoms. The van der Waals surface area contributed by atoms with Gasteiger partial charge in [-0.25, -0.2) is 0 Å². The van der Waals surface area contributed by atoms with Crippen LogP contribution < -0.4 is 5.32 Å². The van der Waals surface area contributed by atoms with Gasteiger partial charge in [0.15, 0.2) is 0 Å². The molecule has 8 heteroatoms. The van der Waals surface area contributed by atoms with Gasteiger partial charge in [0, 0.05) is 26.3 Å². The molecule has 5 nitrogen and oxygen atoms in total. The Bertz CT molecular complexity index is 714. The van der Waals surface area contributed by atoms with Crippen LogP contribution in [0.2, 0.25) is 0 Å². The number of hydrogen-bond donors (Lipinski definition) is 1. The Morgan fingerprint density at radius 2 is 1.67 bits per heavy atom. The van der Waals surface area contributed by atoms with Crippen molar-refractivity contribution in [1.82, 2.24) is 0 Å². The van der Waals surface area contributed by atoms with E-state index in [2.05, 4.69) is 53.1 Å². The second-order valence-corrected chi connectivity index (χ2v) is 6.72. The Balaban J connectivity index is 2.23. The Hall–Kier alpha value is -1.25. The molecule has 0 spiro atoms. The molecule has 21 heavy (non-hydrogen) atoms. The highest BCUT2D eigenvalue weighted by atomic mass is 79.9. The van der Waals surface area contributed by atoms with E-state index in [0.29, 0.717) is 15.7 Å². The third-order valence-electron chi connectivity index (χ3n) is 2.53. The third-order valence-corrected chi connectivity index (χ3v) is 4.08. The largest absolute Gasteiger partial charge is 0.322 e. The summed E-state index contributed by atoms with van der Waals surface area (Å²) in [6.07, 6.45) is 0. The molecule has 0 saturated heterocycles. The zero-order valence-electron chi connectivity index (χ0n) is 10.3. The predicted octanol–water partition coefficient (Wildman–Crippen LogP) is 5.13. The van der Waals surface area contributed by atoms with E-state index >= 15 is 0 Å². The summed E-state index contributed by atoms with van der Waals surface area (Å²) in [5.41, 5.74) is 0.873. The summed E-state index contributed by atoms with van der Waals surface area (Å²) < 4.78 is 1.85. The first kappa shape index (κ1) is 16.1. The molecule has 0 unspecified atom stereocenters. The standard InChI is InChI=1S/C13H7Br3N2O3/c14-8-3-7(4-9(15)5-8)13(19)17-10-1-2-12(18(20)21)11(16)6-10/h1-6H,(H,17,19). The summed E-state index contributed by atoms with van der Waals surface area (Å²) in [6.45, 7) is 0. The van der Waals surface area contributed by atoms with Gasteiger partial charge < -0.3 is 5.32 Å². The quantitative estimate of drug-likeness (QED) is 0.490. The average molecular weight is 479 g/mol. The summed E-state index contributed by atoms with van der Waals surface area (Å²) in [5, 5.41) is 13.4. The zero-order valence-corrected chi connectivity index (χ0v) is 15.0. The first-order valence-electron chi connectivity index (χ1n) is 5.58. The number of anilines is 1. The SMILES string of the molecule is O=C(Nc1ccc([N+](=O)[O-])c(Br)c1)c1cc(Br)cc(Br)c1. The molecule has 2 aromatic carbocycles. The lowest BCUT2D eigenvalue weighted by Crippen LogP contribution is -2.12. The van der Waals surface area contributed by atoms with Crippen molar-refractivity contribution in [2.24, 2.45) is 0 Å². The van der Waals surface area contributed by atoms with Crippen LogP contribution in [0.5, 0.6) is 0 Å². The van der Waals surface area contributed by atoms with Crippen molar-refractivity contribution in [3.05, 3.63) is 65.5 Å². The summed E-state index contributed by atoms with van der Waals surface area (Å²) >= 11 is 9.73. The maximum Gasteiger partial charge on any atom is 0.283 e. The number of carbonyl (C=O) groups excluding carboxylic acids is 1. The minimum Gasteiger partial charge on any atom is -0.322 e. The molecular formula is C13H7Br3N2O3. The van der Waals surface area contributed by atoms with Gasteiger partial charge in [0.05, 0.1) is 9.40 Å². The third kappa shape index (κ3) is 4.12. The molecule has 0 saturated carbocycles. The number of amides is 1. The molecule has 2 aromatic rings. The zero-order chi connectivity index (χ0) is 15.6. The van der Waals surface area contributed by atoms with Gasteiger partial charge in [0.25, 0.3) is 11.6 Å². The molecule has 0 aliphatic heterocycles. The van der Waals surface area contributed by atoms with Crippen molar-refractivity contribution >= 4 is 65.1 Å². The number of hydrogen-bond acceptors (Lipinski definition) is 3. The summed E-state index contributed by atoms with van der Waals surface area (Å²) in [6, 6.07) is 9.48. The summed E-state index contributed by atoms with van der Waals surface area (Å²) in [7, 11) is 0. The van der Waals surface area contributed by atoms with Crippen LogP contribution in [-0.4, -0.2) is 10.8 Å². The highest BCUT2D eigenvalue weighted by Gasteiger charge is 2.13. The monoisotopic (exact) mass is 476 g/mol. The van der Waals surface area contributed by atoms with E-state index in [1.54, 1.807) is 12.1 Å². The number of benzene rings is 2. The van der Waals surface area contributed by atoms with Crippen LogP contribution in [0.25, 0.3) is 0 Å². The van der Waals surface area contributed by atoms with Gasteiger partial charge in [-0.2, -0.15) is 0 Å². The molecule has 2 rings (SSSR count). The number of halogens is 3. The van der Waals surface area contributed by atoms with Crippen molar-refractivity contribution in [2.45, 2.75) is 0 Å². The van der Waals surface area contributed by atoms with Crippen molar-refractivity contribution in [1.29, 1.82) is 0 Å². The Labute approximate surface area is 145 Å². The van der Waals surface area contributed by atoms with Crippen molar-refractivity contribution < 1.29 is 9.72 Å². The lowest BCUT2D eigenvalue weighted by Gasteiger charge is -2.07. The van der Waals surface area contributed by atoms with E-state index in [1.165, 1.54) is 18.2 Å². The smallest absolute Gasteiger partial charge is 0.283 e. The van der Waals surface area contributed by atoms with Crippen molar-refractivity contribution in [3.8, 4) is 0 Å². The summed E-state index contributed by atoms with van der Waals surface area (Å²) in [5.74, 6) is -0.308. The summed E-state index contributed by atoms with van der Waals surface area (Å²) in [4.78, 5) is 22.4. The average Bonchev–Trinajstić information content (AvgIpc) is 2.37. The maximum atomic E-state index is 12.1. The Morgan fingerprint density at radius 1 is 1.05 bits per heavy atom. The predicted molar refractivity (Wildman–Crippen MR) is 90.6 cm³/mol. The fourth-order valence-electron chi connectivity index (χ4n) is 1.62. The van der Waals surface area contributed by atoms with Crippen LogP contribution in [0.4, 0.5) is 11.4 Å². The molecule has 1 N–H and O–H groups in total. The maximum absolute atomic E-state index is 12.1. The van der Waals surface area contributed by atoms with E-state index < -0.39 is 4.92 Å². The lowest BCUT2D eigenvalue weighted by molar-refractivity contribution is -0.385. The first-order chi connectivity index (χ1) is 9.86. The minimum absolute atomic E-state index is 0.0572. The Kier molecular flexibility index (Phi) is 5.13. The number of nitro benzene ring substituents is 1. The molecule has 0 aliphatic carbocycles. The fourth-order valence-corrected chi connectivity index (χ4v) is 3.44. The molecule has 108 valence electrons. The van der Waals surface area contributed by atoms with Gasteiger partial charge >= 0.3 is 0 Å². The normalized spacial score (nSPS) is 10.2. The molecular weight excluding hydrogens is 472 g/mol. The lowest BCUT2D eigenvalue weighted by atomic mass is 10.2. The number of rotatable bonds is 3. The number of carbonyl (C=O) groups is 1. The topological polar surface area (TPSA) is 72.2 Å². The van der Waals surface area contributed by atoms with Crippen LogP contribution in [0.15, 0.2) is 49.8 Å². The highest BCUT2D eigenvalue weighted by molar-refractivity contribution is 9.11. The van der Waals surface area contributed by atoms with Gasteiger partial charge in [-0.05, 0) is 46.3 Å². The molecule has 1 amide bonds. The van der Waals surface area contributed by atoms with Crippen molar-refractivity contribution in [3.63, 3.8) is 0 Å². The minimum atomic E-state index is -0.499. The second-order valence-electron chi connectivity index (χ2n) is 4.04.